The van der Waals surface area contributed by atoms with Crippen molar-refractivity contribution in [3.05, 3.63) is 64.2 Å². The lowest BCUT2D eigenvalue weighted by atomic mass is 10.1. The molecule has 0 saturated heterocycles. The number of primary amides is 1. The van der Waals surface area contributed by atoms with Crippen LogP contribution in [0, 0.1) is 18.3 Å². The number of amides is 1. The first-order valence-electron chi connectivity index (χ1n) is 6.95. The van der Waals surface area contributed by atoms with Crippen LogP contribution >= 0.6 is 11.6 Å². The number of nitrogens with zero attached hydrogens (tertiary/aromatic N) is 1. The standard InChI is InChI=1S/C17H13ClN2O4S/c1-11-2-5-14(6-3-11)25(22,23)24-16-7-4-12(9-15(16)18)8-13(10-19)17(20)21/h2-9H,1H3,(H2,20,21)/b13-8+. The van der Waals surface area contributed by atoms with Crippen molar-refractivity contribution in [1.29, 1.82) is 5.26 Å². The highest BCUT2D eigenvalue weighted by Gasteiger charge is 2.18. The molecule has 8 heteroatoms. The number of nitrogens with two attached hydrogens (primary N) is 1. The van der Waals surface area contributed by atoms with Gasteiger partial charge in [-0.2, -0.15) is 13.7 Å². The first-order valence-corrected chi connectivity index (χ1v) is 8.74. The van der Waals surface area contributed by atoms with Gasteiger partial charge >= 0.3 is 10.1 Å². The molecule has 2 aromatic carbocycles. The minimum atomic E-state index is -4.03. The first-order chi connectivity index (χ1) is 11.7. The summed E-state index contributed by atoms with van der Waals surface area (Å²) in [7, 11) is -4.03. The predicted octanol–water partition coefficient (Wildman–Crippen LogP) is 2.81. The maximum Gasteiger partial charge on any atom is 0.339 e. The Balaban J connectivity index is 2.31. The summed E-state index contributed by atoms with van der Waals surface area (Å²) in [4.78, 5) is 11.0. The lowest BCUT2D eigenvalue weighted by molar-refractivity contribution is -0.114. The van der Waals surface area contributed by atoms with Crippen molar-refractivity contribution < 1.29 is 17.4 Å². The van der Waals surface area contributed by atoms with E-state index in [1.807, 2.05) is 6.92 Å². The van der Waals surface area contributed by atoms with Crippen LogP contribution in [0.1, 0.15) is 11.1 Å². The van der Waals surface area contributed by atoms with Crippen LogP contribution in [0.25, 0.3) is 6.08 Å². The molecule has 6 nitrogen and oxygen atoms in total. The molecule has 1 amide bonds. The Morgan fingerprint density at radius 2 is 1.88 bits per heavy atom. The summed E-state index contributed by atoms with van der Waals surface area (Å²) in [6.07, 6.45) is 1.24. The van der Waals surface area contributed by atoms with Gasteiger partial charge in [-0.1, -0.05) is 35.4 Å². The summed E-state index contributed by atoms with van der Waals surface area (Å²) < 4.78 is 29.6. The summed E-state index contributed by atoms with van der Waals surface area (Å²) in [5, 5.41) is 8.83. The zero-order valence-corrected chi connectivity index (χ0v) is 14.6. The third kappa shape index (κ3) is 4.59. The zero-order chi connectivity index (χ0) is 18.6. The van der Waals surface area contributed by atoms with Crippen LogP contribution < -0.4 is 9.92 Å². The Morgan fingerprint density at radius 3 is 2.40 bits per heavy atom. The van der Waals surface area contributed by atoms with Crippen molar-refractivity contribution in [3.8, 4) is 11.8 Å². The highest BCUT2D eigenvalue weighted by molar-refractivity contribution is 7.87. The Labute approximate surface area is 150 Å². The highest BCUT2D eigenvalue weighted by atomic mass is 35.5. The van der Waals surface area contributed by atoms with E-state index in [2.05, 4.69) is 0 Å². The maximum atomic E-state index is 12.3. The number of halogens is 1. The second-order valence-electron chi connectivity index (χ2n) is 5.07. The molecule has 0 aliphatic rings. The van der Waals surface area contributed by atoms with Gasteiger partial charge in [-0.05, 0) is 42.8 Å². The van der Waals surface area contributed by atoms with Gasteiger partial charge in [0.05, 0.1) is 5.02 Å². The SMILES string of the molecule is Cc1ccc(S(=O)(=O)Oc2ccc(/C=C(\C#N)C(N)=O)cc2Cl)cc1. The predicted molar refractivity (Wildman–Crippen MR) is 93.2 cm³/mol. The van der Waals surface area contributed by atoms with Gasteiger partial charge in [0.1, 0.15) is 16.5 Å². The van der Waals surface area contributed by atoms with E-state index in [0.717, 1.165) is 5.56 Å². The minimum Gasteiger partial charge on any atom is -0.377 e. The van der Waals surface area contributed by atoms with Crippen molar-refractivity contribution in [2.45, 2.75) is 11.8 Å². The number of carbonyl (C=O) groups is 1. The average Bonchev–Trinajstić information content (AvgIpc) is 2.55. The molecule has 0 aliphatic heterocycles. The van der Waals surface area contributed by atoms with Crippen LogP contribution in [0.4, 0.5) is 0 Å². The van der Waals surface area contributed by atoms with E-state index < -0.39 is 16.0 Å². The lowest BCUT2D eigenvalue weighted by Crippen LogP contribution is -2.12. The molecule has 0 fully saturated rings. The highest BCUT2D eigenvalue weighted by Crippen LogP contribution is 2.29. The molecular formula is C17H13ClN2O4S. The van der Waals surface area contributed by atoms with Crippen molar-refractivity contribution in [3.63, 3.8) is 0 Å². The molecule has 0 radical (unpaired) electrons. The van der Waals surface area contributed by atoms with Crippen molar-refractivity contribution in [1.82, 2.24) is 0 Å². The van der Waals surface area contributed by atoms with Gasteiger partial charge in [-0.15, -0.1) is 0 Å². The van der Waals surface area contributed by atoms with Crippen molar-refractivity contribution >= 4 is 33.7 Å². The van der Waals surface area contributed by atoms with E-state index in [0.29, 0.717) is 5.56 Å². The van der Waals surface area contributed by atoms with E-state index in [9.17, 15) is 13.2 Å². The van der Waals surface area contributed by atoms with E-state index in [4.69, 9.17) is 26.8 Å². The second kappa shape index (κ2) is 7.38. The number of benzene rings is 2. The third-order valence-electron chi connectivity index (χ3n) is 3.16. The number of hydrogen-bond acceptors (Lipinski definition) is 5. The Hall–Kier alpha value is -2.82. The Kier molecular flexibility index (Phi) is 5.47. The fourth-order valence-electron chi connectivity index (χ4n) is 1.87. The summed E-state index contributed by atoms with van der Waals surface area (Å²) in [6.45, 7) is 1.84. The van der Waals surface area contributed by atoms with E-state index >= 15 is 0 Å². The normalized spacial score (nSPS) is 11.6. The fraction of sp³-hybridized carbons (Fsp3) is 0.0588. The molecule has 25 heavy (non-hydrogen) atoms. The summed E-state index contributed by atoms with van der Waals surface area (Å²) in [6, 6.07) is 12.0. The monoisotopic (exact) mass is 376 g/mol. The molecule has 128 valence electrons. The van der Waals surface area contributed by atoms with Gasteiger partial charge in [0, 0.05) is 0 Å². The maximum absolute atomic E-state index is 12.3. The molecule has 2 aromatic rings. The van der Waals surface area contributed by atoms with E-state index in [-0.39, 0.29) is 21.2 Å². The smallest absolute Gasteiger partial charge is 0.339 e. The Morgan fingerprint density at radius 1 is 1.24 bits per heavy atom. The summed E-state index contributed by atoms with van der Waals surface area (Å²) in [5.74, 6) is -0.946. The number of hydrogen-bond donors (Lipinski definition) is 1. The zero-order valence-electron chi connectivity index (χ0n) is 13.1. The molecule has 0 atom stereocenters. The van der Waals surface area contributed by atoms with Crippen LogP contribution in [0.5, 0.6) is 5.75 Å². The van der Waals surface area contributed by atoms with Gasteiger partial charge in [0.15, 0.2) is 5.75 Å². The topological polar surface area (TPSA) is 110 Å². The molecule has 2 rings (SSSR count). The lowest BCUT2D eigenvalue weighted by Gasteiger charge is -2.09. The van der Waals surface area contributed by atoms with Gasteiger partial charge in [0.2, 0.25) is 0 Å². The van der Waals surface area contributed by atoms with Gasteiger partial charge in [0.25, 0.3) is 5.91 Å². The number of carbonyl (C=O) groups excluding carboxylic acids is 1. The molecule has 0 bridgehead atoms. The quantitative estimate of drug-likeness (QED) is 0.490. The number of nitriles is 1. The minimum absolute atomic E-state index is 0.00126. The molecule has 0 unspecified atom stereocenters. The van der Waals surface area contributed by atoms with Crippen molar-refractivity contribution in [2.75, 3.05) is 0 Å². The van der Waals surface area contributed by atoms with Gasteiger partial charge in [-0.3, -0.25) is 4.79 Å². The molecule has 0 heterocycles. The average molecular weight is 377 g/mol. The third-order valence-corrected chi connectivity index (χ3v) is 4.71. The Bertz CT molecular complexity index is 990. The van der Waals surface area contributed by atoms with Crippen LogP contribution in [0.3, 0.4) is 0 Å². The summed E-state index contributed by atoms with van der Waals surface area (Å²) in [5.41, 5.74) is 6.12. The van der Waals surface area contributed by atoms with Crippen molar-refractivity contribution in [2.24, 2.45) is 5.73 Å². The van der Waals surface area contributed by atoms with E-state index in [1.54, 1.807) is 18.2 Å². The van der Waals surface area contributed by atoms with Gasteiger partial charge < -0.3 is 9.92 Å². The second-order valence-corrected chi connectivity index (χ2v) is 7.03. The van der Waals surface area contributed by atoms with Crippen LogP contribution in [-0.2, 0) is 14.9 Å². The fourth-order valence-corrected chi connectivity index (χ4v) is 3.09. The van der Waals surface area contributed by atoms with Crippen LogP contribution in [-0.4, -0.2) is 14.3 Å². The number of rotatable bonds is 5. The van der Waals surface area contributed by atoms with Crippen LogP contribution in [0.15, 0.2) is 52.9 Å². The molecular weight excluding hydrogens is 364 g/mol. The number of aryl methyl sites for hydroxylation is 1. The summed E-state index contributed by atoms with van der Waals surface area (Å²) >= 11 is 6.04. The molecule has 0 aliphatic carbocycles. The molecule has 0 saturated carbocycles. The largest absolute Gasteiger partial charge is 0.377 e. The van der Waals surface area contributed by atoms with E-state index in [1.165, 1.54) is 36.4 Å². The molecule has 0 spiro atoms. The molecule has 0 aromatic heterocycles. The van der Waals surface area contributed by atoms with Crippen LogP contribution in [0.2, 0.25) is 5.02 Å². The first kappa shape index (κ1) is 18.5. The molecule has 2 N–H and O–H groups in total. The van der Waals surface area contributed by atoms with Gasteiger partial charge in [-0.25, -0.2) is 0 Å².